The Balaban J connectivity index is 2.64. The van der Waals surface area contributed by atoms with Crippen LogP contribution in [-0.4, -0.2) is 30.3 Å². The Morgan fingerprint density at radius 2 is 1.94 bits per heavy atom. The molecule has 0 bridgehead atoms. The van der Waals surface area contributed by atoms with Crippen LogP contribution in [0.1, 0.15) is 19.4 Å². The standard InChI is InChI=1S/C13H19NO3/c1-9(2)17-11-6-4-10(5-7-11)8-12(14-3)13(15)16/h4-7,9,12,14H,8H2,1-3H3,(H,15,16). The van der Waals surface area contributed by atoms with Gasteiger partial charge < -0.3 is 15.2 Å². The van der Waals surface area contributed by atoms with Crippen molar-refractivity contribution in [2.75, 3.05) is 7.05 Å². The Hall–Kier alpha value is -1.55. The fourth-order valence-electron chi connectivity index (χ4n) is 1.52. The molecule has 4 heteroatoms. The van der Waals surface area contributed by atoms with E-state index in [1.54, 1.807) is 7.05 Å². The van der Waals surface area contributed by atoms with E-state index in [4.69, 9.17) is 9.84 Å². The van der Waals surface area contributed by atoms with Crippen LogP contribution in [0.2, 0.25) is 0 Å². The Bertz CT molecular complexity index is 359. The van der Waals surface area contributed by atoms with Crippen LogP contribution in [0.15, 0.2) is 24.3 Å². The Labute approximate surface area is 102 Å². The molecule has 0 heterocycles. The number of nitrogens with one attached hydrogen (secondary N) is 1. The highest BCUT2D eigenvalue weighted by atomic mass is 16.5. The van der Waals surface area contributed by atoms with Gasteiger partial charge in [-0.25, -0.2) is 0 Å². The molecule has 17 heavy (non-hydrogen) atoms. The molecule has 0 saturated heterocycles. The molecule has 1 rings (SSSR count). The molecule has 1 aromatic carbocycles. The van der Waals surface area contributed by atoms with Crippen molar-refractivity contribution < 1.29 is 14.6 Å². The van der Waals surface area contributed by atoms with Crippen LogP contribution in [0.4, 0.5) is 0 Å². The van der Waals surface area contributed by atoms with E-state index in [-0.39, 0.29) is 6.10 Å². The summed E-state index contributed by atoms with van der Waals surface area (Å²) >= 11 is 0. The number of carboxylic acid groups (broad SMARTS) is 1. The van der Waals surface area contributed by atoms with Crippen molar-refractivity contribution in [2.45, 2.75) is 32.4 Å². The van der Waals surface area contributed by atoms with Crippen molar-refractivity contribution in [3.8, 4) is 5.75 Å². The molecular formula is C13H19NO3. The predicted octanol–water partition coefficient (Wildman–Crippen LogP) is 1.69. The summed E-state index contributed by atoms with van der Waals surface area (Å²) in [5.74, 6) is -0.0323. The van der Waals surface area contributed by atoms with Gasteiger partial charge in [0.25, 0.3) is 0 Å². The molecule has 1 atom stereocenters. The molecule has 0 aliphatic carbocycles. The van der Waals surface area contributed by atoms with Gasteiger partial charge in [-0.3, -0.25) is 4.79 Å². The monoisotopic (exact) mass is 237 g/mol. The van der Waals surface area contributed by atoms with Crippen LogP contribution in [0, 0.1) is 0 Å². The van der Waals surface area contributed by atoms with E-state index >= 15 is 0 Å². The Morgan fingerprint density at radius 1 is 1.35 bits per heavy atom. The third-order valence-electron chi connectivity index (χ3n) is 2.38. The van der Waals surface area contributed by atoms with E-state index in [2.05, 4.69) is 5.32 Å². The molecular weight excluding hydrogens is 218 g/mol. The number of aliphatic carboxylic acids is 1. The molecule has 94 valence electrons. The highest BCUT2D eigenvalue weighted by molar-refractivity contribution is 5.73. The summed E-state index contributed by atoms with van der Waals surface area (Å²) < 4.78 is 5.52. The minimum absolute atomic E-state index is 0.143. The van der Waals surface area contributed by atoms with Gasteiger partial charge in [-0.1, -0.05) is 12.1 Å². The molecule has 1 unspecified atom stereocenters. The molecule has 0 saturated carbocycles. The Morgan fingerprint density at radius 3 is 2.35 bits per heavy atom. The van der Waals surface area contributed by atoms with Gasteiger partial charge in [0.2, 0.25) is 0 Å². The first-order chi connectivity index (χ1) is 8.02. The van der Waals surface area contributed by atoms with Gasteiger partial charge in [0.15, 0.2) is 0 Å². The lowest BCUT2D eigenvalue weighted by molar-refractivity contribution is -0.139. The van der Waals surface area contributed by atoms with Crippen LogP contribution >= 0.6 is 0 Å². The number of hydrogen-bond donors (Lipinski definition) is 2. The van der Waals surface area contributed by atoms with Gasteiger partial charge in [0.05, 0.1) is 6.10 Å². The number of ether oxygens (including phenoxy) is 1. The van der Waals surface area contributed by atoms with Gasteiger partial charge in [0, 0.05) is 0 Å². The van der Waals surface area contributed by atoms with Crippen molar-refractivity contribution in [3.05, 3.63) is 29.8 Å². The minimum Gasteiger partial charge on any atom is -0.491 e. The zero-order valence-corrected chi connectivity index (χ0v) is 10.4. The largest absolute Gasteiger partial charge is 0.491 e. The van der Waals surface area contributed by atoms with Gasteiger partial charge >= 0.3 is 5.97 Å². The topological polar surface area (TPSA) is 58.6 Å². The first-order valence-corrected chi connectivity index (χ1v) is 5.68. The average molecular weight is 237 g/mol. The van der Waals surface area contributed by atoms with Crippen LogP contribution < -0.4 is 10.1 Å². The van der Waals surface area contributed by atoms with Gasteiger partial charge in [0.1, 0.15) is 11.8 Å². The lowest BCUT2D eigenvalue weighted by atomic mass is 10.1. The van der Waals surface area contributed by atoms with Crippen molar-refractivity contribution >= 4 is 5.97 Å². The third kappa shape index (κ3) is 4.44. The van der Waals surface area contributed by atoms with Crippen molar-refractivity contribution in [2.24, 2.45) is 0 Å². The predicted molar refractivity (Wildman–Crippen MR) is 66.4 cm³/mol. The minimum atomic E-state index is -0.838. The van der Waals surface area contributed by atoms with Gasteiger partial charge in [-0.15, -0.1) is 0 Å². The molecule has 0 aliphatic rings. The molecule has 0 aromatic heterocycles. The zero-order chi connectivity index (χ0) is 12.8. The van der Waals surface area contributed by atoms with Crippen LogP contribution in [0.25, 0.3) is 0 Å². The number of carbonyl (C=O) groups is 1. The van der Waals surface area contributed by atoms with E-state index in [0.717, 1.165) is 11.3 Å². The van der Waals surface area contributed by atoms with E-state index in [1.807, 2.05) is 38.1 Å². The molecule has 0 amide bonds. The van der Waals surface area contributed by atoms with E-state index in [1.165, 1.54) is 0 Å². The summed E-state index contributed by atoms with van der Waals surface area (Å²) in [6.45, 7) is 3.94. The normalized spacial score (nSPS) is 12.5. The SMILES string of the molecule is CNC(Cc1ccc(OC(C)C)cc1)C(=O)O. The summed E-state index contributed by atoms with van der Waals surface area (Å²) in [7, 11) is 1.65. The number of rotatable bonds is 6. The second-order valence-electron chi connectivity index (χ2n) is 4.19. The van der Waals surface area contributed by atoms with Crippen LogP contribution in [-0.2, 0) is 11.2 Å². The van der Waals surface area contributed by atoms with E-state index in [9.17, 15) is 4.79 Å². The fraction of sp³-hybridized carbons (Fsp3) is 0.462. The molecule has 2 N–H and O–H groups in total. The van der Waals surface area contributed by atoms with Crippen molar-refractivity contribution in [1.29, 1.82) is 0 Å². The average Bonchev–Trinajstić information content (AvgIpc) is 2.26. The maximum Gasteiger partial charge on any atom is 0.321 e. The number of hydrogen-bond acceptors (Lipinski definition) is 3. The first-order valence-electron chi connectivity index (χ1n) is 5.68. The second kappa shape index (κ2) is 6.25. The molecule has 4 nitrogen and oxygen atoms in total. The number of carboxylic acids is 1. The Kier molecular flexibility index (Phi) is 4.97. The lowest BCUT2D eigenvalue weighted by Gasteiger charge is -2.12. The van der Waals surface area contributed by atoms with Crippen molar-refractivity contribution in [1.82, 2.24) is 5.32 Å². The number of likely N-dealkylation sites (N-methyl/N-ethyl adjacent to an activating group) is 1. The molecule has 0 spiro atoms. The smallest absolute Gasteiger partial charge is 0.321 e. The zero-order valence-electron chi connectivity index (χ0n) is 10.4. The third-order valence-corrected chi connectivity index (χ3v) is 2.38. The van der Waals surface area contributed by atoms with Gasteiger partial charge in [-0.2, -0.15) is 0 Å². The summed E-state index contributed by atoms with van der Waals surface area (Å²) in [5.41, 5.74) is 0.975. The maximum atomic E-state index is 10.9. The molecule has 0 aliphatic heterocycles. The first kappa shape index (κ1) is 13.5. The summed E-state index contributed by atoms with van der Waals surface area (Å²) in [6, 6.07) is 6.97. The summed E-state index contributed by atoms with van der Waals surface area (Å²) in [6.07, 6.45) is 0.610. The van der Waals surface area contributed by atoms with Crippen LogP contribution in [0.3, 0.4) is 0 Å². The van der Waals surface area contributed by atoms with E-state index < -0.39 is 12.0 Å². The molecule has 0 radical (unpaired) electrons. The quantitative estimate of drug-likeness (QED) is 0.790. The van der Waals surface area contributed by atoms with Crippen LogP contribution in [0.5, 0.6) is 5.75 Å². The lowest BCUT2D eigenvalue weighted by Crippen LogP contribution is -2.35. The highest BCUT2D eigenvalue weighted by Gasteiger charge is 2.15. The van der Waals surface area contributed by atoms with E-state index in [0.29, 0.717) is 6.42 Å². The summed E-state index contributed by atoms with van der Waals surface area (Å²) in [4.78, 5) is 10.9. The second-order valence-corrected chi connectivity index (χ2v) is 4.19. The molecule has 0 fully saturated rings. The maximum absolute atomic E-state index is 10.9. The van der Waals surface area contributed by atoms with Crippen molar-refractivity contribution in [3.63, 3.8) is 0 Å². The molecule has 1 aromatic rings. The van der Waals surface area contributed by atoms with Gasteiger partial charge in [-0.05, 0) is 45.0 Å². The number of benzene rings is 1. The summed E-state index contributed by atoms with van der Waals surface area (Å²) in [5, 5.41) is 11.7. The fourth-order valence-corrected chi connectivity index (χ4v) is 1.52. The highest BCUT2D eigenvalue weighted by Crippen LogP contribution is 2.14.